The first-order valence-electron chi connectivity index (χ1n) is 8.77. The first-order valence-corrected chi connectivity index (χ1v) is 9.90. The fourth-order valence-electron chi connectivity index (χ4n) is 3.86. The Labute approximate surface area is 167 Å². The predicted molar refractivity (Wildman–Crippen MR) is 106 cm³/mol. The number of benzene rings is 1. The van der Waals surface area contributed by atoms with E-state index in [0.29, 0.717) is 16.8 Å². The van der Waals surface area contributed by atoms with Crippen LogP contribution in [0.4, 0.5) is 5.69 Å². The van der Waals surface area contributed by atoms with Crippen LogP contribution in [0.1, 0.15) is 19.3 Å². The molecule has 0 saturated carbocycles. The van der Waals surface area contributed by atoms with Gasteiger partial charge in [-0.2, -0.15) is 9.78 Å². The van der Waals surface area contributed by atoms with E-state index in [4.69, 9.17) is 34.8 Å². The molecule has 0 aliphatic carbocycles. The van der Waals surface area contributed by atoms with Crippen LogP contribution in [-0.2, 0) is 0 Å². The molecule has 1 atom stereocenters. The summed E-state index contributed by atoms with van der Waals surface area (Å²) in [6.07, 6.45) is 5.20. The summed E-state index contributed by atoms with van der Waals surface area (Å²) in [4.78, 5) is 17.2. The monoisotopic (exact) mass is 412 g/mol. The standard InChI is InChI=1S/C18H19Cl3N4O/c19-14-9-12(25-18(26)17(21)15(20)10-22-25)4-5-16(14)24-8-7-23-6-2-1-3-13(23)11-24/h4-5,9-10,13H,1-3,6-8,11H2. The fourth-order valence-corrected chi connectivity index (χ4v) is 4.40. The Morgan fingerprint density at radius 3 is 2.69 bits per heavy atom. The molecule has 2 fully saturated rings. The third-order valence-electron chi connectivity index (χ3n) is 5.23. The Morgan fingerprint density at radius 1 is 1.04 bits per heavy atom. The van der Waals surface area contributed by atoms with E-state index in [1.807, 2.05) is 12.1 Å². The molecule has 2 aromatic rings. The Balaban J connectivity index is 1.61. The van der Waals surface area contributed by atoms with Gasteiger partial charge in [0.1, 0.15) is 5.02 Å². The molecule has 2 aliphatic rings. The molecule has 1 aromatic heterocycles. The van der Waals surface area contributed by atoms with Gasteiger partial charge in [-0.3, -0.25) is 9.69 Å². The van der Waals surface area contributed by atoms with E-state index in [9.17, 15) is 4.79 Å². The van der Waals surface area contributed by atoms with E-state index in [-0.39, 0.29) is 10.0 Å². The largest absolute Gasteiger partial charge is 0.367 e. The predicted octanol–water partition coefficient (Wildman–Crippen LogP) is 3.87. The summed E-state index contributed by atoms with van der Waals surface area (Å²) in [6.45, 7) is 4.22. The Kier molecular flexibility index (Phi) is 5.15. The zero-order valence-corrected chi connectivity index (χ0v) is 16.4. The second-order valence-corrected chi connectivity index (χ2v) is 7.98. The van der Waals surface area contributed by atoms with Crippen molar-refractivity contribution in [1.29, 1.82) is 0 Å². The van der Waals surface area contributed by atoms with E-state index >= 15 is 0 Å². The normalized spacial score (nSPS) is 20.9. The van der Waals surface area contributed by atoms with Crippen LogP contribution in [0.15, 0.2) is 29.2 Å². The average Bonchev–Trinajstić information content (AvgIpc) is 2.66. The lowest BCUT2D eigenvalue weighted by Crippen LogP contribution is -2.55. The molecule has 3 heterocycles. The summed E-state index contributed by atoms with van der Waals surface area (Å²) in [5, 5.41) is 4.75. The summed E-state index contributed by atoms with van der Waals surface area (Å²) < 4.78 is 1.21. The van der Waals surface area contributed by atoms with Crippen LogP contribution < -0.4 is 10.5 Å². The van der Waals surface area contributed by atoms with Crippen LogP contribution in [0.25, 0.3) is 5.69 Å². The zero-order valence-electron chi connectivity index (χ0n) is 14.2. The molecule has 5 nitrogen and oxygen atoms in total. The van der Waals surface area contributed by atoms with Gasteiger partial charge in [0.2, 0.25) is 0 Å². The Bertz CT molecular complexity index is 885. The van der Waals surface area contributed by atoms with Crippen LogP contribution in [0, 0.1) is 0 Å². The number of piperidine rings is 1. The molecular formula is C18H19Cl3N4O. The van der Waals surface area contributed by atoms with Gasteiger partial charge in [-0.1, -0.05) is 41.2 Å². The first kappa shape index (κ1) is 18.1. The third kappa shape index (κ3) is 3.33. The number of hydrogen-bond donors (Lipinski definition) is 0. The highest BCUT2D eigenvalue weighted by Crippen LogP contribution is 2.31. The van der Waals surface area contributed by atoms with Crippen molar-refractivity contribution in [2.45, 2.75) is 25.3 Å². The van der Waals surface area contributed by atoms with Crippen molar-refractivity contribution < 1.29 is 0 Å². The number of nitrogens with zero attached hydrogens (tertiary/aromatic N) is 4. The quantitative estimate of drug-likeness (QED) is 0.749. The highest BCUT2D eigenvalue weighted by molar-refractivity contribution is 6.41. The smallest absolute Gasteiger partial charge is 0.291 e. The molecule has 0 amide bonds. The SMILES string of the molecule is O=c1c(Cl)c(Cl)cnn1-c1ccc(N2CCN3CCCCC3C2)c(Cl)c1. The van der Waals surface area contributed by atoms with Gasteiger partial charge in [0.05, 0.1) is 27.6 Å². The Morgan fingerprint density at radius 2 is 1.88 bits per heavy atom. The van der Waals surface area contributed by atoms with E-state index in [2.05, 4.69) is 14.9 Å². The minimum atomic E-state index is -0.459. The Hall–Kier alpha value is -1.27. The second-order valence-electron chi connectivity index (χ2n) is 6.79. The lowest BCUT2D eigenvalue weighted by Gasteiger charge is -2.45. The minimum Gasteiger partial charge on any atom is -0.367 e. The van der Waals surface area contributed by atoms with E-state index < -0.39 is 5.56 Å². The van der Waals surface area contributed by atoms with Gasteiger partial charge in [-0.05, 0) is 37.6 Å². The second kappa shape index (κ2) is 7.39. The van der Waals surface area contributed by atoms with Gasteiger partial charge >= 0.3 is 0 Å². The lowest BCUT2D eigenvalue weighted by molar-refractivity contribution is 0.133. The van der Waals surface area contributed by atoms with Gasteiger partial charge < -0.3 is 4.90 Å². The molecule has 2 aliphatic heterocycles. The third-order valence-corrected chi connectivity index (χ3v) is 6.28. The van der Waals surface area contributed by atoms with E-state index in [0.717, 1.165) is 25.3 Å². The fraction of sp³-hybridized carbons (Fsp3) is 0.444. The van der Waals surface area contributed by atoms with Crippen molar-refractivity contribution in [3.63, 3.8) is 0 Å². The maximum Gasteiger partial charge on any atom is 0.291 e. The summed E-state index contributed by atoms with van der Waals surface area (Å²) in [5.41, 5.74) is 1.10. The molecule has 138 valence electrons. The maximum absolute atomic E-state index is 12.3. The number of fused-ring (bicyclic) bond motifs is 1. The van der Waals surface area contributed by atoms with Gasteiger partial charge in [0.15, 0.2) is 0 Å². The summed E-state index contributed by atoms with van der Waals surface area (Å²) in [6, 6.07) is 6.15. The van der Waals surface area contributed by atoms with Gasteiger partial charge in [0, 0.05) is 25.7 Å². The minimum absolute atomic E-state index is 0.0460. The molecule has 0 radical (unpaired) electrons. The molecule has 26 heavy (non-hydrogen) atoms. The molecule has 2 saturated heterocycles. The van der Waals surface area contributed by atoms with Gasteiger partial charge in [-0.15, -0.1) is 0 Å². The number of halogens is 3. The van der Waals surface area contributed by atoms with Crippen molar-refractivity contribution in [2.24, 2.45) is 0 Å². The van der Waals surface area contributed by atoms with Gasteiger partial charge in [-0.25, -0.2) is 0 Å². The van der Waals surface area contributed by atoms with Crippen molar-refractivity contribution in [1.82, 2.24) is 14.7 Å². The number of anilines is 1. The van der Waals surface area contributed by atoms with Crippen LogP contribution >= 0.6 is 34.8 Å². The molecule has 1 aromatic carbocycles. The van der Waals surface area contributed by atoms with Crippen molar-refractivity contribution >= 4 is 40.5 Å². The molecule has 1 unspecified atom stereocenters. The molecule has 0 bridgehead atoms. The van der Waals surface area contributed by atoms with Crippen molar-refractivity contribution in [3.05, 3.63) is 49.8 Å². The van der Waals surface area contributed by atoms with Crippen LogP contribution in [0.3, 0.4) is 0 Å². The van der Waals surface area contributed by atoms with Crippen LogP contribution in [-0.4, -0.2) is 46.9 Å². The zero-order chi connectivity index (χ0) is 18.3. The van der Waals surface area contributed by atoms with Crippen molar-refractivity contribution in [3.8, 4) is 5.69 Å². The van der Waals surface area contributed by atoms with Crippen LogP contribution in [0.5, 0.6) is 0 Å². The average molecular weight is 414 g/mol. The lowest BCUT2D eigenvalue weighted by atomic mass is 9.99. The summed E-state index contributed by atoms with van der Waals surface area (Å²) >= 11 is 18.3. The molecule has 0 spiro atoms. The topological polar surface area (TPSA) is 41.4 Å². The molecule has 0 N–H and O–H groups in total. The van der Waals surface area contributed by atoms with Crippen LogP contribution in [0.2, 0.25) is 15.1 Å². The molecular weight excluding hydrogens is 395 g/mol. The number of piperazine rings is 1. The highest BCUT2D eigenvalue weighted by Gasteiger charge is 2.29. The number of hydrogen-bond acceptors (Lipinski definition) is 4. The van der Waals surface area contributed by atoms with Gasteiger partial charge in [0.25, 0.3) is 5.56 Å². The summed E-state index contributed by atoms with van der Waals surface area (Å²) in [7, 11) is 0. The molecule has 4 rings (SSSR count). The first-order chi connectivity index (χ1) is 12.5. The van der Waals surface area contributed by atoms with E-state index in [1.165, 1.54) is 36.7 Å². The highest BCUT2D eigenvalue weighted by atomic mass is 35.5. The molecule has 8 heteroatoms. The van der Waals surface area contributed by atoms with E-state index in [1.54, 1.807) is 6.07 Å². The number of aromatic nitrogens is 2. The summed E-state index contributed by atoms with van der Waals surface area (Å²) in [5.74, 6) is 0. The van der Waals surface area contributed by atoms with Crippen molar-refractivity contribution in [2.75, 3.05) is 31.1 Å². The maximum atomic E-state index is 12.3. The number of rotatable bonds is 2.